The van der Waals surface area contributed by atoms with Crippen molar-refractivity contribution in [3.8, 4) is 0 Å². The van der Waals surface area contributed by atoms with Gasteiger partial charge in [-0.25, -0.2) is 41.1 Å². The first-order valence-corrected chi connectivity index (χ1v) is 34.2. The lowest BCUT2D eigenvalue weighted by Gasteiger charge is -2.32. The maximum atomic E-state index is 12.3. The number of carbonyl (C=O) groups excluding carboxylic acids is 8. The normalized spacial score (nSPS) is 14.9. The van der Waals surface area contributed by atoms with Gasteiger partial charge in [0.25, 0.3) is 0 Å². The van der Waals surface area contributed by atoms with E-state index in [2.05, 4.69) is 22.0 Å². The fraction of sp³-hybridized carbons (Fsp3) is 0.535. The second-order valence-corrected chi connectivity index (χ2v) is 25.6. The van der Waals surface area contributed by atoms with Crippen molar-refractivity contribution in [2.45, 2.75) is 169 Å². The van der Waals surface area contributed by atoms with Gasteiger partial charge in [0.15, 0.2) is 0 Å². The molecule has 4 aromatic carbocycles. The van der Waals surface area contributed by atoms with Crippen LogP contribution in [0.4, 0.5) is 24.9 Å². The highest BCUT2D eigenvalue weighted by Gasteiger charge is 2.26. The lowest BCUT2D eigenvalue weighted by molar-refractivity contribution is -0.130. The molecule has 27 heteroatoms. The van der Waals surface area contributed by atoms with Crippen molar-refractivity contribution < 1.29 is 69.1 Å². The van der Waals surface area contributed by atoms with Gasteiger partial charge in [-0.2, -0.15) is 0 Å². The molecule has 4 saturated heterocycles. The van der Waals surface area contributed by atoms with Crippen molar-refractivity contribution in [1.29, 1.82) is 0 Å². The highest BCUT2D eigenvalue weighted by molar-refractivity contribution is 5.93. The number of urea groups is 3. The molecule has 8 rings (SSSR count). The Kier molecular flexibility index (Phi) is 38.4. The van der Waals surface area contributed by atoms with Crippen LogP contribution in [0.1, 0.15) is 172 Å². The van der Waals surface area contributed by atoms with E-state index in [1.54, 1.807) is 46.2 Å². The van der Waals surface area contributed by atoms with Crippen LogP contribution in [-0.2, 0) is 38.8 Å². The number of nitrogen functional groups attached to an aromatic ring is 1. The van der Waals surface area contributed by atoms with Crippen LogP contribution in [0, 0.1) is 44.4 Å². The summed E-state index contributed by atoms with van der Waals surface area (Å²) in [5.41, 5.74) is 25.0. The summed E-state index contributed by atoms with van der Waals surface area (Å²) in [5, 5.41) is 51.4. The summed E-state index contributed by atoms with van der Waals surface area (Å²) in [4.78, 5) is 109. The Morgan fingerprint density at radius 3 is 1.12 bits per heavy atom. The Bertz CT molecular complexity index is 3060. The first kappa shape index (κ1) is 81.4. The van der Waals surface area contributed by atoms with E-state index in [9.17, 15) is 43.2 Å². The van der Waals surface area contributed by atoms with E-state index in [-0.39, 0.29) is 41.7 Å². The van der Waals surface area contributed by atoms with Gasteiger partial charge in [-0.05, 0) is 194 Å². The topological polar surface area (TPSA) is 404 Å². The number of benzene rings is 4. The molecular weight excluding hydrogens is 1260 g/mol. The number of likely N-dealkylation sites (tertiary alicyclic amines) is 4. The Hall–Kier alpha value is -9.05. The molecule has 0 aliphatic carbocycles. The van der Waals surface area contributed by atoms with Gasteiger partial charge in [-0.3, -0.25) is 44.8 Å². The molecule has 0 radical (unpaired) electrons. The molecular formula is C71H107N13O14. The minimum atomic E-state index is -0.849. The number of anilines is 1. The number of carbonyl (C=O) groups is 9. The molecule has 4 aliphatic rings. The molecule has 540 valence electrons. The molecule has 16 N–H and O–H groups in total. The smallest absolute Gasteiger partial charge is 0.407 e. The van der Waals surface area contributed by atoms with Gasteiger partial charge in [-0.1, -0.05) is 83.9 Å². The minimum absolute atomic E-state index is 0.00337. The van der Waals surface area contributed by atoms with Crippen molar-refractivity contribution in [2.75, 3.05) is 58.1 Å². The van der Waals surface area contributed by atoms with E-state index in [1.807, 2.05) is 102 Å². The largest absolute Gasteiger partial charge is 0.465 e. The molecule has 4 aliphatic heterocycles. The Labute approximate surface area is 576 Å². The number of primary amides is 1. The van der Waals surface area contributed by atoms with E-state index in [4.69, 9.17) is 37.4 Å². The number of nitrogens with one attached hydrogen (secondary N) is 7. The van der Waals surface area contributed by atoms with Gasteiger partial charge >= 0.3 is 24.2 Å². The van der Waals surface area contributed by atoms with Crippen LogP contribution >= 0.6 is 0 Å². The monoisotopic (exact) mass is 1370 g/mol. The Morgan fingerprint density at radius 2 is 0.776 bits per heavy atom. The second-order valence-electron chi connectivity index (χ2n) is 25.6. The number of hydroxylamine groups is 4. The van der Waals surface area contributed by atoms with E-state index in [1.165, 1.54) is 21.6 Å². The molecule has 98 heavy (non-hydrogen) atoms. The van der Waals surface area contributed by atoms with E-state index >= 15 is 0 Å². The van der Waals surface area contributed by atoms with E-state index in [0.29, 0.717) is 93.3 Å². The number of amides is 12. The van der Waals surface area contributed by atoms with Crippen molar-refractivity contribution in [3.63, 3.8) is 0 Å². The quantitative estimate of drug-likeness (QED) is 0.0187. The number of hydrogen-bond acceptors (Lipinski definition) is 14. The van der Waals surface area contributed by atoms with Crippen LogP contribution in [0.5, 0.6) is 0 Å². The predicted octanol–water partition coefficient (Wildman–Crippen LogP) is 9.20. The number of nitrogens with two attached hydrogens (primary N) is 2. The maximum Gasteiger partial charge on any atom is 0.407 e. The average Bonchev–Trinajstić information content (AvgIpc) is 0.975. The second kappa shape index (κ2) is 46.2. The van der Waals surface area contributed by atoms with Crippen LogP contribution in [0.2, 0.25) is 0 Å². The van der Waals surface area contributed by atoms with Crippen molar-refractivity contribution in [3.05, 3.63) is 136 Å². The summed E-state index contributed by atoms with van der Waals surface area (Å²) in [6.45, 7) is 13.5. The highest BCUT2D eigenvalue weighted by atomic mass is 16.5. The molecule has 0 spiro atoms. The van der Waals surface area contributed by atoms with Crippen LogP contribution in [0.25, 0.3) is 0 Å². The third-order valence-corrected chi connectivity index (χ3v) is 18.1. The van der Waals surface area contributed by atoms with Gasteiger partial charge < -0.3 is 52.1 Å². The van der Waals surface area contributed by atoms with Gasteiger partial charge in [0.05, 0.1) is 0 Å². The lowest BCUT2D eigenvalue weighted by atomic mass is 9.91. The van der Waals surface area contributed by atoms with Crippen LogP contribution in [0.3, 0.4) is 0 Å². The number of rotatable bonds is 23. The molecule has 0 saturated carbocycles. The molecule has 0 aromatic heterocycles. The molecule has 0 bridgehead atoms. The summed E-state index contributed by atoms with van der Waals surface area (Å²) < 4.78 is 0. The molecule has 4 fully saturated rings. The lowest BCUT2D eigenvalue weighted by Crippen LogP contribution is -2.44. The number of aryl methyl sites for hydroxylation is 3. The fourth-order valence-electron chi connectivity index (χ4n) is 12.0. The fourth-order valence-corrected chi connectivity index (χ4v) is 12.0. The first-order valence-electron chi connectivity index (χ1n) is 34.2. The molecule has 0 unspecified atom stereocenters. The average molecular weight is 1370 g/mol. The van der Waals surface area contributed by atoms with E-state index in [0.717, 1.165) is 159 Å². The van der Waals surface area contributed by atoms with Crippen LogP contribution in [-0.4, -0.2) is 152 Å². The van der Waals surface area contributed by atoms with Gasteiger partial charge in [0, 0.05) is 109 Å². The third kappa shape index (κ3) is 33.3. The van der Waals surface area contributed by atoms with Crippen molar-refractivity contribution in [2.24, 2.45) is 29.4 Å². The number of carboxylic acid groups (broad SMARTS) is 1. The number of nitrogens with zero attached hydrogens (tertiary/aromatic N) is 4. The Balaban J connectivity index is 0.000000267. The van der Waals surface area contributed by atoms with Crippen molar-refractivity contribution in [1.82, 2.24) is 57.5 Å². The molecule has 4 heterocycles. The standard InChI is InChI=1S/3C18H27N3O3.C10H18N2O4.C7H8N2O/c1-14-4-2-6-16(12-14)13-19-18(23)21-10-8-15(9-11-21)5-3-7-17(22)20-24;1-14-5-2-3-7-16(14)13-19-18(23)21-11-9-15(10-12-21)6-4-8-17(22)20-24;1-14-5-7-16(8-6-14)13-19-18(23)21-11-9-15(10-12-21)3-2-4-17(22)20-24;13-9(11-16)3-1-2-8-4-6-12(7-5-8)10(14)15;8-6-3-1-5(2-4-6)7(9)10/h2,4,6,12,15,24H,3,5,7-11,13H2,1H3,(H,19,23)(H,20,22);2-3,5,7,15,24H,4,6,8-13H2,1H3,(H,19,23)(H,20,22);5-8,15,24H,2-4,9-13H2,1H3,(H,19,23)(H,20,22);8,16H,1-7H2,(H,11,13)(H,14,15);1-4H,8H2,(H2,9,10). The summed E-state index contributed by atoms with van der Waals surface area (Å²) in [6, 6.07) is 30.8. The Morgan fingerprint density at radius 1 is 0.418 bits per heavy atom. The molecule has 0 atom stereocenters. The number of hydrogen-bond donors (Lipinski definition) is 14. The van der Waals surface area contributed by atoms with Gasteiger partial charge in [0.2, 0.25) is 29.5 Å². The van der Waals surface area contributed by atoms with Gasteiger partial charge in [-0.15, -0.1) is 0 Å². The zero-order chi connectivity index (χ0) is 71.6. The third-order valence-electron chi connectivity index (χ3n) is 18.1. The zero-order valence-corrected chi connectivity index (χ0v) is 57.3. The highest BCUT2D eigenvalue weighted by Crippen LogP contribution is 2.26. The van der Waals surface area contributed by atoms with E-state index < -0.39 is 12.0 Å². The minimum Gasteiger partial charge on any atom is -0.465 e. The molecule has 4 aromatic rings. The van der Waals surface area contributed by atoms with Crippen molar-refractivity contribution >= 4 is 59.4 Å². The zero-order valence-electron chi connectivity index (χ0n) is 57.3. The predicted molar refractivity (Wildman–Crippen MR) is 370 cm³/mol. The summed E-state index contributed by atoms with van der Waals surface area (Å²) in [5.74, 6) is 0.380. The first-order chi connectivity index (χ1) is 47.1. The summed E-state index contributed by atoms with van der Waals surface area (Å²) in [6.07, 6.45) is 15.0. The maximum absolute atomic E-state index is 12.3. The molecule has 12 amide bonds. The number of piperidine rings is 4. The van der Waals surface area contributed by atoms with Gasteiger partial charge in [0.1, 0.15) is 0 Å². The SMILES string of the molecule is Cc1ccc(CNC(=O)N2CCC(CCCC(=O)NO)CC2)cc1.Cc1cccc(CNC(=O)N2CCC(CCCC(=O)NO)CC2)c1.Cc1ccccc1CNC(=O)N1CCC(CCCC(=O)NO)CC1.NC(=O)c1ccc(N)cc1.O=C(CCCC1CCN(C(=O)O)CC1)NO. The van der Waals surface area contributed by atoms with Crippen LogP contribution in [0.15, 0.2) is 97.1 Å². The van der Waals surface area contributed by atoms with Crippen LogP contribution < -0.4 is 49.3 Å². The molecule has 27 nitrogen and oxygen atoms in total. The summed E-state index contributed by atoms with van der Waals surface area (Å²) in [7, 11) is 0. The summed E-state index contributed by atoms with van der Waals surface area (Å²) >= 11 is 0.